The summed E-state index contributed by atoms with van der Waals surface area (Å²) in [5, 5.41) is 5.61. The lowest BCUT2D eigenvalue weighted by Gasteiger charge is -2.34. The lowest BCUT2D eigenvalue weighted by atomic mass is 9.76. The molecule has 4 heterocycles. The molecule has 11 aromatic rings. The van der Waals surface area contributed by atoms with Crippen molar-refractivity contribution >= 4 is 77.9 Å². The standard InChI is InChI=1S/C58H38N4O/c1-2-3-17-36-33-53-47(40-21-10-14-27-51(40)61(53)38-18-5-4-6-19-38)34-45(36)46-35-49-41-22-11-15-28-52(41)62(57(49)43-24-8-7-20-39(43)46)58-59-50-26-13-9-25-44(50)56(60-58)37-30-31-55-48(32-37)42-23-12-16-29-54(42)63-55/h2-35,49,57H,1H2/b17-3-. The van der Waals surface area contributed by atoms with E-state index in [9.17, 15) is 0 Å². The van der Waals surface area contributed by atoms with Crippen LogP contribution in [0.2, 0.25) is 0 Å². The largest absolute Gasteiger partial charge is 0.456 e. The fraction of sp³-hybridized carbons (Fsp3) is 0.0345. The molecule has 0 saturated heterocycles. The van der Waals surface area contributed by atoms with Gasteiger partial charge in [-0.15, -0.1) is 0 Å². The third-order valence-corrected chi connectivity index (χ3v) is 13.1. The number of allylic oxidation sites excluding steroid dienone is 2. The predicted molar refractivity (Wildman–Crippen MR) is 260 cm³/mol. The molecule has 13 rings (SSSR count). The van der Waals surface area contributed by atoms with E-state index in [1.165, 1.54) is 49.6 Å². The van der Waals surface area contributed by atoms with Crippen molar-refractivity contribution in [2.75, 3.05) is 4.90 Å². The number of hydrogen-bond acceptors (Lipinski definition) is 4. The van der Waals surface area contributed by atoms with Crippen molar-refractivity contribution < 1.29 is 4.42 Å². The van der Waals surface area contributed by atoms with E-state index in [1.54, 1.807) is 0 Å². The highest BCUT2D eigenvalue weighted by Gasteiger charge is 2.44. The van der Waals surface area contributed by atoms with E-state index in [4.69, 9.17) is 14.4 Å². The highest BCUT2D eigenvalue weighted by atomic mass is 16.3. The van der Waals surface area contributed by atoms with Crippen LogP contribution in [0.15, 0.2) is 211 Å². The number of nitrogens with zero attached hydrogens (tertiary/aromatic N) is 4. The van der Waals surface area contributed by atoms with Gasteiger partial charge in [0.25, 0.3) is 0 Å². The molecule has 0 spiro atoms. The van der Waals surface area contributed by atoms with Gasteiger partial charge in [-0.1, -0.05) is 146 Å². The molecule has 8 aromatic carbocycles. The second-order valence-electron chi connectivity index (χ2n) is 16.5. The minimum absolute atomic E-state index is 0.0239. The Morgan fingerprint density at radius 2 is 1.29 bits per heavy atom. The van der Waals surface area contributed by atoms with Crippen LogP contribution in [-0.4, -0.2) is 14.5 Å². The number of aromatic nitrogens is 3. The Hall–Kier alpha value is -8.28. The van der Waals surface area contributed by atoms with Crippen LogP contribution in [0.3, 0.4) is 0 Å². The van der Waals surface area contributed by atoms with Gasteiger partial charge in [-0.3, -0.25) is 0 Å². The predicted octanol–water partition coefficient (Wildman–Crippen LogP) is 14.9. The van der Waals surface area contributed by atoms with Crippen LogP contribution in [0, 0.1) is 0 Å². The van der Waals surface area contributed by atoms with Crippen molar-refractivity contribution in [3.63, 3.8) is 0 Å². The first kappa shape index (κ1) is 35.5. The smallest absolute Gasteiger partial charge is 0.231 e. The normalized spacial score (nSPS) is 15.7. The molecule has 0 N–H and O–H groups in total. The second-order valence-corrected chi connectivity index (χ2v) is 16.5. The van der Waals surface area contributed by atoms with E-state index >= 15 is 0 Å². The molecule has 3 aromatic heterocycles. The Labute approximate surface area is 363 Å². The summed E-state index contributed by atoms with van der Waals surface area (Å²) in [5.74, 6) is 0.702. The number of anilines is 2. The monoisotopic (exact) mass is 806 g/mol. The van der Waals surface area contributed by atoms with Gasteiger partial charge in [0.2, 0.25) is 5.95 Å². The van der Waals surface area contributed by atoms with E-state index in [-0.39, 0.29) is 12.0 Å². The van der Waals surface area contributed by atoms with E-state index in [0.29, 0.717) is 5.95 Å². The van der Waals surface area contributed by atoms with Crippen LogP contribution in [0.5, 0.6) is 0 Å². The minimum Gasteiger partial charge on any atom is -0.456 e. The molecular formula is C58H38N4O. The van der Waals surface area contributed by atoms with Gasteiger partial charge in [0, 0.05) is 49.8 Å². The summed E-state index contributed by atoms with van der Waals surface area (Å²) in [5.41, 5.74) is 16.4. The van der Waals surface area contributed by atoms with Crippen LogP contribution in [-0.2, 0) is 0 Å². The lowest BCUT2D eigenvalue weighted by molar-refractivity contribution is 0.654. The first-order chi connectivity index (χ1) is 31.2. The molecule has 2 atom stereocenters. The molecule has 0 saturated carbocycles. The fourth-order valence-corrected chi connectivity index (χ4v) is 10.4. The average molecular weight is 807 g/mol. The van der Waals surface area contributed by atoms with Crippen molar-refractivity contribution in [2.24, 2.45) is 0 Å². The summed E-state index contributed by atoms with van der Waals surface area (Å²) in [6, 6.07) is 64.8. The summed E-state index contributed by atoms with van der Waals surface area (Å²) in [7, 11) is 0. The number of hydrogen-bond donors (Lipinski definition) is 0. The zero-order valence-corrected chi connectivity index (χ0v) is 34.2. The Balaban J connectivity index is 1.02. The Morgan fingerprint density at radius 3 is 2.17 bits per heavy atom. The van der Waals surface area contributed by atoms with Crippen LogP contribution >= 0.6 is 0 Å². The van der Waals surface area contributed by atoms with Crippen molar-refractivity contribution in [1.82, 2.24) is 14.5 Å². The Kier molecular flexibility index (Phi) is 7.81. The van der Waals surface area contributed by atoms with Crippen LogP contribution in [0.25, 0.3) is 83.2 Å². The summed E-state index contributed by atoms with van der Waals surface area (Å²) in [6.45, 7) is 4.06. The van der Waals surface area contributed by atoms with Gasteiger partial charge in [0.1, 0.15) is 11.2 Å². The highest BCUT2D eigenvalue weighted by Crippen LogP contribution is 2.57. The molecule has 2 aliphatic rings. The van der Waals surface area contributed by atoms with Crippen molar-refractivity contribution in [1.29, 1.82) is 0 Å². The second kappa shape index (κ2) is 13.9. The molecule has 0 fully saturated rings. The van der Waals surface area contributed by atoms with E-state index in [0.717, 1.165) is 61.0 Å². The van der Waals surface area contributed by atoms with Crippen LogP contribution in [0.4, 0.5) is 11.6 Å². The molecular weight excluding hydrogens is 769 g/mol. The Morgan fingerprint density at radius 1 is 0.556 bits per heavy atom. The molecule has 1 aliphatic heterocycles. The minimum atomic E-state index is -0.0763. The van der Waals surface area contributed by atoms with Crippen molar-refractivity contribution in [2.45, 2.75) is 12.0 Å². The van der Waals surface area contributed by atoms with Crippen LogP contribution in [0.1, 0.15) is 39.8 Å². The quantitative estimate of drug-likeness (QED) is 0.157. The topological polar surface area (TPSA) is 47.1 Å². The van der Waals surface area contributed by atoms with Crippen LogP contribution < -0.4 is 4.90 Å². The average Bonchev–Trinajstić information content (AvgIpc) is 4.00. The van der Waals surface area contributed by atoms with Gasteiger partial charge in [0.05, 0.1) is 28.3 Å². The fourth-order valence-electron chi connectivity index (χ4n) is 10.4. The van der Waals surface area contributed by atoms with E-state index in [2.05, 4.69) is 198 Å². The lowest BCUT2D eigenvalue weighted by Crippen LogP contribution is -2.26. The molecule has 1 aliphatic carbocycles. The number of rotatable bonds is 6. The van der Waals surface area contributed by atoms with Crippen molar-refractivity contribution in [3.05, 3.63) is 235 Å². The van der Waals surface area contributed by atoms with E-state index in [1.807, 2.05) is 24.3 Å². The summed E-state index contributed by atoms with van der Waals surface area (Å²) >= 11 is 0. The van der Waals surface area contributed by atoms with E-state index < -0.39 is 0 Å². The van der Waals surface area contributed by atoms with Gasteiger partial charge in [0.15, 0.2) is 0 Å². The molecule has 2 unspecified atom stereocenters. The zero-order valence-electron chi connectivity index (χ0n) is 34.2. The van der Waals surface area contributed by atoms with Gasteiger partial charge in [-0.25, -0.2) is 9.97 Å². The van der Waals surface area contributed by atoms with Gasteiger partial charge in [-0.05, 0) is 100 Å². The maximum absolute atomic E-state index is 6.24. The number of benzene rings is 8. The maximum atomic E-state index is 6.24. The SMILES string of the molecule is C=C/C=C\c1cc2c(cc1C1=CC3c4ccccc4N(c4nc(-c5ccc6oc7ccccc7c6c5)c5ccccc5n4)C3c3ccccc31)c1ccccc1n2-c1ccccc1. The zero-order chi connectivity index (χ0) is 41.6. The molecule has 5 nitrogen and oxygen atoms in total. The molecule has 0 radical (unpaired) electrons. The first-order valence-electron chi connectivity index (χ1n) is 21.5. The first-order valence-corrected chi connectivity index (χ1v) is 21.5. The molecule has 5 heteroatoms. The van der Waals surface area contributed by atoms with Gasteiger partial charge >= 0.3 is 0 Å². The molecule has 296 valence electrons. The summed E-state index contributed by atoms with van der Waals surface area (Å²) in [6.07, 6.45) is 8.62. The Bertz CT molecular complexity index is 3740. The third-order valence-electron chi connectivity index (χ3n) is 13.1. The van der Waals surface area contributed by atoms with Crippen molar-refractivity contribution in [3.8, 4) is 16.9 Å². The summed E-state index contributed by atoms with van der Waals surface area (Å²) in [4.78, 5) is 13.3. The number of furan rings is 1. The number of fused-ring (bicyclic) bond motifs is 12. The highest BCUT2D eigenvalue weighted by molar-refractivity contribution is 6.12. The van der Waals surface area contributed by atoms with Gasteiger partial charge < -0.3 is 13.9 Å². The molecule has 63 heavy (non-hydrogen) atoms. The molecule has 0 bridgehead atoms. The molecule has 0 amide bonds. The maximum Gasteiger partial charge on any atom is 0.231 e. The van der Waals surface area contributed by atoms with Gasteiger partial charge in [-0.2, -0.15) is 0 Å². The number of para-hydroxylation sites is 5. The summed E-state index contributed by atoms with van der Waals surface area (Å²) < 4.78 is 8.62. The third kappa shape index (κ3) is 5.36.